The zero-order valence-electron chi connectivity index (χ0n) is 15.7. The van der Waals surface area contributed by atoms with Gasteiger partial charge in [0, 0.05) is 28.4 Å². The van der Waals surface area contributed by atoms with E-state index in [0.717, 1.165) is 17.0 Å². The number of ether oxygens (including phenoxy) is 1. The Bertz CT molecular complexity index is 1030. The smallest absolute Gasteiger partial charge is 0.225 e. The van der Waals surface area contributed by atoms with Crippen molar-refractivity contribution in [2.24, 2.45) is 0 Å². The number of rotatable bonds is 7. The lowest BCUT2D eigenvalue weighted by molar-refractivity contribution is -0.115. The van der Waals surface area contributed by atoms with Gasteiger partial charge in [0.2, 0.25) is 5.91 Å². The first kappa shape index (κ1) is 20.7. The average Bonchev–Trinajstić information content (AvgIpc) is 2.75. The van der Waals surface area contributed by atoms with Crippen LogP contribution in [0.5, 0.6) is 5.75 Å². The predicted molar refractivity (Wildman–Crippen MR) is 116 cm³/mol. The van der Waals surface area contributed by atoms with E-state index in [9.17, 15) is 10.1 Å². The summed E-state index contributed by atoms with van der Waals surface area (Å²) >= 11 is 7.23. The van der Waals surface area contributed by atoms with Gasteiger partial charge in [0.15, 0.2) is 0 Å². The quantitative estimate of drug-likeness (QED) is 0.514. The number of pyridine rings is 1. The third-order valence-corrected chi connectivity index (χ3v) is 5.31. The molecule has 2 aromatic carbocycles. The Kier molecular flexibility index (Phi) is 7.12. The van der Waals surface area contributed by atoms with Gasteiger partial charge in [-0.2, -0.15) is 5.26 Å². The summed E-state index contributed by atoms with van der Waals surface area (Å²) in [5, 5.41) is 13.4. The van der Waals surface area contributed by atoms with Gasteiger partial charge in [-0.1, -0.05) is 11.6 Å². The fraction of sp³-hybridized carbons (Fsp3) is 0.136. The number of hydrogen-bond acceptors (Lipinski definition) is 5. The van der Waals surface area contributed by atoms with Crippen LogP contribution in [-0.2, 0) is 4.79 Å². The number of benzene rings is 2. The molecule has 0 bridgehead atoms. The second kappa shape index (κ2) is 9.97. The summed E-state index contributed by atoms with van der Waals surface area (Å²) in [5.41, 5.74) is 2.88. The van der Waals surface area contributed by atoms with Crippen molar-refractivity contribution in [1.29, 1.82) is 5.26 Å². The highest BCUT2D eigenvalue weighted by Crippen LogP contribution is 2.27. The second-order valence-electron chi connectivity index (χ2n) is 6.04. The zero-order valence-corrected chi connectivity index (χ0v) is 17.3. The monoisotopic (exact) mass is 423 g/mol. The first-order chi connectivity index (χ1) is 14.1. The van der Waals surface area contributed by atoms with Crippen LogP contribution < -0.4 is 10.1 Å². The summed E-state index contributed by atoms with van der Waals surface area (Å²) in [4.78, 5) is 16.7. The number of methoxy groups -OCH3 is 1. The fourth-order valence-corrected chi connectivity index (χ4v) is 3.59. The third kappa shape index (κ3) is 5.74. The molecule has 3 aromatic rings. The molecule has 29 heavy (non-hydrogen) atoms. The van der Waals surface area contributed by atoms with Crippen molar-refractivity contribution < 1.29 is 9.53 Å². The Labute approximate surface area is 178 Å². The minimum absolute atomic E-state index is 0.107. The number of amides is 1. The molecule has 1 N–H and O–H groups in total. The van der Waals surface area contributed by atoms with Gasteiger partial charge in [-0.3, -0.25) is 4.79 Å². The van der Waals surface area contributed by atoms with E-state index in [1.54, 1.807) is 37.4 Å². The molecule has 7 heteroatoms. The van der Waals surface area contributed by atoms with Gasteiger partial charge >= 0.3 is 0 Å². The van der Waals surface area contributed by atoms with Gasteiger partial charge in [0.1, 0.15) is 16.8 Å². The summed E-state index contributed by atoms with van der Waals surface area (Å²) in [7, 11) is 1.62. The van der Waals surface area contributed by atoms with Crippen molar-refractivity contribution in [3.63, 3.8) is 0 Å². The summed E-state index contributed by atoms with van der Waals surface area (Å²) < 4.78 is 5.18. The largest absolute Gasteiger partial charge is 0.497 e. The molecule has 1 aromatic heterocycles. The molecule has 0 radical (unpaired) electrons. The van der Waals surface area contributed by atoms with E-state index >= 15 is 0 Å². The summed E-state index contributed by atoms with van der Waals surface area (Å²) in [5.74, 6) is 1.17. The molecule has 0 aliphatic carbocycles. The van der Waals surface area contributed by atoms with E-state index in [1.165, 1.54) is 11.8 Å². The Morgan fingerprint density at radius 2 is 1.86 bits per heavy atom. The number of nitriles is 1. The van der Waals surface area contributed by atoms with E-state index in [0.29, 0.717) is 33.5 Å². The molecule has 0 aliphatic rings. The van der Waals surface area contributed by atoms with Crippen LogP contribution in [-0.4, -0.2) is 23.8 Å². The lowest BCUT2D eigenvalue weighted by Gasteiger charge is -2.08. The van der Waals surface area contributed by atoms with Crippen LogP contribution in [0, 0.1) is 11.3 Å². The molecule has 0 unspecified atom stereocenters. The number of nitrogens with zero attached hydrogens (tertiary/aromatic N) is 2. The number of thioether (sulfide) groups is 1. The number of hydrogen-bond donors (Lipinski definition) is 1. The zero-order chi connectivity index (χ0) is 20.6. The number of nitrogens with one attached hydrogen (secondary N) is 1. The normalized spacial score (nSPS) is 10.2. The van der Waals surface area contributed by atoms with Crippen molar-refractivity contribution in [3.05, 3.63) is 71.2 Å². The molecular weight excluding hydrogens is 406 g/mol. The number of halogens is 1. The first-order valence-corrected chi connectivity index (χ1v) is 10.2. The Morgan fingerprint density at radius 1 is 1.14 bits per heavy atom. The van der Waals surface area contributed by atoms with Crippen molar-refractivity contribution in [3.8, 4) is 23.1 Å². The SMILES string of the molecule is COc1ccc(-c2ccc(C#N)c(SCCC(=O)Nc3ccc(Cl)cc3)n2)cc1. The minimum Gasteiger partial charge on any atom is -0.497 e. The maximum absolute atomic E-state index is 12.1. The Hall–Kier alpha value is -3.01. The number of carbonyl (C=O) groups excluding carboxylic acids is 1. The summed E-state index contributed by atoms with van der Waals surface area (Å²) in [6.07, 6.45) is 0.298. The van der Waals surface area contributed by atoms with Crippen LogP contribution in [0.4, 0.5) is 5.69 Å². The number of anilines is 1. The van der Waals surface area contributed by atoms with E-state index in [4.69, 9.17) is 16.3 Å². The number of aromatic nitrogens is 1. The summed E-state index contributed by atoms with van der Waals surface area (Å²) in [6.45, 7) is 0. The van der Waals surface area contributed by atoms with Crippen molar-refractivity contribution in [2.75, 3.05) is 18.2 Å². The first-order valence-electron chi connectivity index (χ1n) is 8.83. The molecule has 1 amide bonds. The average molecular weight is 424 g/mol. The molecule has 0 spiro atoms. The highest BCUT2D eigenvalue weighted by molar-refractivity contribution is 7.99. The van der Waals surface area contributed by atoms with Crippen LogP contribution in [0.25, 0.3) is 11.3 Å². The maximum atomic E-state index is 12.1. The van der Waals surface area contributed by atoms with Gasteiger partial charge in [-0.15, -0.1) is 11.8 Å². The van der Waals surface area contributed by atoms with Crippen LogP contribution in [0.15, 0.2) is 65.7 Å². The maximum Gasteiger partial charge on any atom is 0.225 e. The molecule has 3 rings (SSSR count). The minimum atomic E-state index is -0.107. The van der Waals surface area contributed by atoms with Gasteiger partial charge in [-0.05, 0) is 60.7 Å². The molecule has 0 fully saturated rings. The van der Waals surface area contributed by atoms with Crippen LogP contribution in [0.1, 0.15) is 12.0 Å². The van der Waals surface area contributed by atoms with Crippen LogP contribution in [0.3, 0.4) is 0 Å². The lowest BCUT2D eigenvalue weighted by atomic mass is 10.1. The Balaban J connectivity index is 1.63. The molecular formula is C22H18ClN3O2S. The Morgan fingerprint density at radius 3 is 2.52 bits per heavy atom. The van der Waals surface area contributed by atoms with Crippen LogP contribution >= 0.6 is 23.4 Å². The fourth-order valence-electron chi connectivity index (χ4n) is 2.56. The van der Waals surface area contributed by atoms with E-state index in [-0.39, 0.29) is 5.91 Å². The molecule has 1 heterocycles. The summed E-state index contributed by atoms with van der Waals surface area (Å²) in [6, 6.07) is 20.2. The highest BCUT2D eigenvalue weighted by Gasteiger charge is 2.10. The number of carbonyl (C=O) groups is 1. The van der Waals surface area contributed by atoms with Gasteiger partial charge in [-0.25, -0.2) is 4.98 Å². The van der Waals surface area contributed by atoms with Gasteiger partial charge < -0.3 is 10.1 Å². The molecule has 146 valence electrons. The molecule has 0 saturated carbocycles. The topological polar surface area (TPSA) is 75.0 Å². The third-order valence-electron chi connectivity index (χ3n) is 4.06. The van der Waals surface area contributed by atoms with E-state index in [2.05, 4.69) is 16.4 Å². The van der Waals surface area contributed by atoms with Crippen molar-refractivity contribution in [1.82, 2.24) is 4.98 Å². The van der Waals surface area contributed by atoms with Gasteiger partial charge in [0.05, 0.1) is 18.4 Å². The van der Waals surface area contributed by atoms with E-state index in [1.807, 2.05) is 30.3 Å². The van der Waals surface area contributed by atoms with Crippen molar-refractivity contribution in [2.45, 2.75) is 11.4 Å². The highest BCUT2D eigenvalue weighted by atomic mass is 35.5. The standard InChI is InChI=1S/C22H18ClN3O2S/c1-28-19-9-2-15(3-10-19)20-11-4-16(14-24)22(26-20)29-13-12-21(27)25-18-7-5-17(23)6-8-18/h2-11H,12-13H2,1H3,(H,25,27). The van der Waals surface area contributed by atoms with Crippen molar-refractivity contribution >= 4 is 35.0 Å². The molecule has 0 aliphatic heterocycles. The predicted octanol–water partition coefficient (Wildman–Crippen LogP) is 5.40. The molecule has 5 nitrogen and oxygen atoms in total. The van der Waals surface area contributed by atoms with E-state index < -0.39 is 0 Å². The molecule has 0 saturated heterocycles. The van der Waals surface area contributed by atoms with Crippen LogP contribution in [0.2, 0.25) is 5.02 Å². The lowest BCUT2D eigenvalue weighted by Crippen LogP contribution is -2.12. The molecule has 0 atom stereocenters. The van der Waals surface area contributed by atoms with Gasteiger partial charge in [0.25, 0.3) is 0 Å². The second-order valence-corrected chi connectivity index (χ2v) is 7.56.